The molecule has 1 heterocycles. The summed E-state index contributed by atoms with van der Waals surface area (Å²) < 4.78 is 0. The number of benzene rings is 1. The van der Waals surface area contributed by atoms with E-state index in [0.29, 0.717) is 11.3 Å². The van der Waals surface area contributed by atoms with Gasteiger partial charge in [-0.3, -0.25) is 4.98 Å². The molecule has 2 rings (SSSR count). The van der Waals surface area contributed by atoms with E-state index in [0.717, 1.165) is 11.3 Å². The zero-order valence-corrected chi connectivity index (χ0v) is 9.61. The van der Waals surface area contributed by atoms with E-state index in [1.165, 1.54) is 0 Å². The molecule has 0 aliphatic carbocycles. The number of thiocarbonyl (C=S) groups is 1. The molecule has 0 spiro atoms. The van der Waals surface area contributed by atoms with E-state index in [1.54, 1.807) is 18.3 Å². The third kappa shape index (κ3) is 2.43. The minimum Gasteiger partial charge on any atom is -0.254 e. The molecule has 0 N–H and O–H groups in total. The van der Waals surface area contributed by atoms with E-state index >= 15 is 0 Å². The monoisotopic (exact) mass is 237 g/mol. The largest absolute Gasteiger partial charge is 0.254 e. The molecule has 17 heavy (non-hydrogen) atoms. The van der Waals surface area contributed by atoms with Crippen LogP contribution >= 0.6 is 12.2 Å². The minimum absolute atomic E-state index is 0.603. The van der Waals surface area contributed by atoms with Gasteiger partial charge in [0.15, 0.2) is 0 Å². The lowest BCUT2D eigenvalue weighted by Gasteiger charge is -2.02. The van der Waals surface area contributed by atoms with Crippen LogP contribution in [-0.4, -0.2) is 10.1 Å². The van der Waals surface area contributed by atoms with E-state index in [-0.39, 0.29) is 0 Å². The summed E-state index contributed by atoms with van der Waals surface area (Å²) in [5.41, 5.74) is 2.81. The van der Waals surface area contributed by atoms with E-state index in [2.05, 4.69) is 33.4 Å². The van der Waals surface area contributed by atoms with Gasteiger partial charge < -0.3 is 0 Å². The van der Waals surface area contributed by atoms with Crippen molar-refractivity contribution in [1.29, 1.82) is 5.26 Å². The second-order valence-corrected chi connectivity index (χ2v) is 3.44. The maximum absolute atomic E-state index is 9.00. The third-order valence-electron chi connectivity index (χ3n) is 2.25. The summed E-state index contributed by atoms with van der Waals surface area (Å²) in [6.07, 6.45) is 1.60. The number of pyridine rings is 1. The summed E-state index contributed by atoms with van der Waals surface area (Å²) in [7, 11) is 0. The van der Waals surface area contributed by atoms with Crippen molar-refractivity contribution in [3.63, 3.8) is 0 Å². The van der Waals surface area contributed by atoms with Gasteiger partial charge in [0.25, 0.3) is 0 Å². The Labute approximate surface area is 104 Å². The standard InChI is InChI=1S/C13H7N3S/c14-7-10-3-1-2-4-12(10)13-6-5-11(8-15-13)16-9-17/h1-6,8H. The minimum atomic E-state index is 0.603. The molecule has 0 atom stereocenters. The average Bonchev–Trinajstić information content (AvgIpc) is 2.40. The maximum Gasteiger partial charge on any atom is 0.0998 e. The van der Waals surface area contributed by atoms with Crippen LogP contribution in [0.1, 0.15) is 5.56 Å². The van der Waals surface area contributed by atoms with E-state index < -0.39 is 0 Å². The van der Waals surface area contributed by atoms with Crippen LogP contribution < -0.4 is 0 Å². The van der Waals surface area contributed by atoms with Gasteiger partial charge in [0, 0.05) is 5.56 Å². The Morgan fingerprint density at radius 2 is 2.00 bits per heavy atom. The summed E-state index contributed by atoms with van der Waals surface area (Å²) in [5.74, 6) is 0. The Balaban J connectivity index is 2.47. The molecule has 0 fully saturated rings. The topological polar surface area (TPSA) is 49.0 Å². The molecule has 0 unspecified atom stereocenters. The summed E-state index contributed by atoms with van der Waals surface area (Å²) >= 11 is 4.51. The number of rotatable bonds is 2. The van der Waals surface area contributed by atoms with Gasteiger partial charge in [0.1, 0.15) is 0 Å². The van der Waals surface area contributed by atoms with Gasteiger partial charge in [-0.15, -0.1) is 0 Å². The zero-order valence-electron chi connectivity index (χ0n) is 8.79. The Hall–Kier alpha value is -2.34. The predicted octanol–water partition coefficient (Wildman–Crippen LogP) is 3.35. The molecule has 0 aliphatic heterocycles. The number of nitrogens with zero attached hydrogens (tertiary/aromatic N) is 3. The highest BCUT2D eigenvalue weighted by Gasteiger charge is 2.04. The van der Waals surface area contributed by atoms with Crippen LogP contribution in [0.5, 0.6) is 0 Å². The van der Waals surface area contributed by atoms with Gasteiger partial charge in [0.2, 0.25) is 0 Å². The first-order chi connectivity index (χ1) is 8.35. The van der Waals surface area contributed by atoms with Gasteiger partial charge in [-0.1, -0.05) is 18.2 Å². The fourth-order valence-electron chi connectivity index (χ4n) is 1.47. The van der Waals surface area contributed by atoms with Crippen LogP contribution in [0.2, 0.25) is 0 Å². The van der Waals surface area contributed by atoms with Gasteiger partial charge in [0.05, 0.1) is 34.4 Å². The number of aliphatic imine (C=N–C) groups is 1. The second-order valence-electron chi connectivity index (χ2n) is 3.26. The highest BCUT2D eigenvalue weighted by atomic mass is 32.1. The van der Waals surface area contributed by atoms with Crippen LogP contribution in [0.3, 0.4) is 0 Å². The Morgan fingerprint density at radius 3 is 2.65 bits per heavy atom. The molecule has 0 amide bonds. The number of hydrogen-bond acceptors (Lipinski definition) is 4. The average molecular weight is 237 g/mol. The third-order valence-corrected chi connectivity index (χ3v) is 2.34. The van der Waals surface area contributed by atoms with Crippen LogP contribution in [0.25, 0.3) is 11.3 Å². The molecular weight excluding hydrogens is 230 g/mol. The first kappa shape index (κ1) is 11.2. The van der Waals surface area contributed by atoms with Crippen LogP contribution in [0.15, 0.2) is 47.6 Å². The lowest BCUT2D eigenvalue weighted by Crippen LogP contribution is -1.86. The van der Waals surface area contributed by atoms with E-state index in [4.69, 9.17) is 5.26 Å². The summed E-state index contributed by atoms with van der Waals surface area (Å²) in [5, 5.41) is 11.3. The molecule has 0 saturated carbocycles. The van der Waals surface area contributed by atoms with Crippen molar-refractivity contribution in [2.75, 3.05) is 0 Å². The zero-order chi connectivity index (χ0) is 12.1. The van der Waals surface area contributed by atoms with Gasteiger partial charge in [-0.2, -0.15) is 10.3 Å². The summed E-state index contributed by atoms with van der Waals surface area (Å²) in [6.45, 7) is 0. The molecule has 3 nitrogen and oxygen atoms in total. The molecule has 0 aliphatic rings. The van der Waals surface area contributed by atoms with Gasteiger partial charge >= 0.3 is 0 Å². The number of isothiocyanates is 1. The van der Waals surface area contributed by atoms with Crippen LogP contribution in [0, 0.1) is 11.3 Å². The molecule has 2 aromatic rings. The number of hydrogen-bond donors (Lipinski definition) is 0. The SMILES string of the molecule is N#Cc1ccccc1-c1ccc(N=C=S)cn1. The van der Waals surface area contributed by atoms with E-state index in [1.807, 2.05) is 24.3 Å². The summed E-state index contributed by atoms with van der Waals surface area (Å²) in [4.78, 5) is 8.07. The van der Waals surface area contributed by atoms with Crippen molar-refractivity contribution in [3.8, 4) is 17.3 Å². The first-order valence-corrected chi connectivity index (χ1v) is 5.29. The quantitative estimate of drug-likeness (QED) is 0.594. The van der Waals surface area contributed by atoms with E-state index in [9.17, 15) is 0 Å². The molecular formula is C13H7N3S. The number of aromatic nitrogens is 1. The first-order valence-electron chi connectivity index (χ1n) is 4.88. The highest BCUT2D eigenvalue weighted by Crippen LogP contribution is 2.22. The predicted molar refractivity (Wildman–Crippen MR) is 69.1 cm³/mol. The van der Waals surface area contributed by atoms with Crippen molar-refractivity contribution < 1.29 is 0 Å². The van der Waals surface area contributed by atoms with Gasteiger partial charge in [-0.25, -0.2) is 0 Å². The van der Waals surface area contributed by atoms with Crippen LogP contribution in [0.4, 0.5) is 5.69 Å². The fourth-order valence-corrected chi connectivity index (χ4v) is 1.57. The van der Waals surface area contributed by atoms with Crippen molar-refractivity contribution in [2.24, 2.45) is 4.99 Å². The molecule has 1 aromatic carbocycles. The maximum atomic E-state index is 9.00. The second kappa shape index (κ2) is 5.13. The fraction of sp³-hybridized carbons (Fsp3) is 0. The Morgan fingerprint density at radius 1 is 1.18 bits per heavy atom. The van der Waals surface area contributed by atoms with Gasteiger partial charge in [-0.05, 0) is 30.4 Å². The smallest absolute Gasteiger partial charge is 0.0998 e. The Bertz CT molecular complexity index is 620. The summed E-state index contributed by atoms with van der Waals surface area (Å²) in [6, 6.07) is 13.1. The molecule has 0 radical (unpaired) electrons. The molecule has 1 aromatic heterocycles. The molecule has 0 bridgehead atoms. The highest BCUT2D eigenvalue weighted by molar-refractivity contribution is 7.78. The van der Waals surface area contributed by atoms with Crippen molar-refractivity contribution in [3.05, 3.63) is 48.2 Å². The van der Waals surface area contributed by atoms with Crippen LogP contribution in [-0.2, 0) is 0 Å². The normalized spacial score (nSPS) is 9.12. The number of nitriles is 1. The van der Waals surface area contributed by atoms with Crippen molar-refractivity contribution in [2.45, 2.75) is 0 Å². The Kier molecular flexibility index (Phi) is 3.37. The molecule has 0 saturated heterocycles. The lowest BCUT2D eigenvalue weighted by molar-refractivity contribution is 1.30. The molecule has 4 heteroatoms. The lowest BCUT2D eigenvalue weighted by atomic mass is 10.1. The van der Waals surface area contributed by atoms with Crippen molar-refractivity contribution in [1.82, 2.24) is 4.98 Å². The van der Waals surface area contributed by atoms with Crippen molar-refractivity contribution >= 4 is 23.1 Å². The molecule has 80 valence electrons.